The van der Waals surface area contributed by atoms with Gasteiger partial charge in [-0.2, -0.15) is 0 Å². The lowest BCUT2D eigenvalue weighted by Gasteiger charge is -2.34. The van der Waals surface area contributed by atoms with Crippen LogP contribution in [0, 0.1) is 0 Å². The summed E-state index contributed by atoms with van der Waals surface area (Å²) >= 11 is 0. The van der Waals surface area contributed by atoms with Crippen LogP contribution >= 0.6 is 0 Å². The van der Waals surface area contributed by atoms with Crippen molar-refractivity contribution in [1.29, 1.82) is 0 Å². The van der Waals surface area contributed by atoms with Gasteiger partial charge in [-0.1, -0.05) is 36.4 Å². The Morgan fingerprint density at radius 3 is 2.57 bits per heavy atom. The minimum absolute atomic E-state index is 0.0225. The Kier molecular flexibility index (Phi) is 5.34. The molecule has 4 rings (SSSR count). The van der Waals surface area contributed by atoms with Crippen LogP contribution in [0.3, 0.4) is 0 Å². The summed E-state index contributed by atoms with van der Waals surface area (Å²) in [4.78, 5) is 16.8. The second-order valence-electron chi connectivity index (χ2n) is 6.70. The van der Waals surface area contributed by atoms with Crippen molar-refractivity contribution < 1.29 is 13.9 Å². The van der Waals surface area contributed by atoms with Gasteiger partial charge in [-0.25, -0.2) is 0 Å². The van der Waals surface area contributed by atoms with Gasteiger partial charge in [0.2, 0.25) is 5.89 Å². The Balaban J connectivity index is 1.37. The van der Waals surface area contributed by atoms with Gasteiger partial charge >= 0.3 is 11.8 Å². The van der Waals surface area contributed by atoms with Crippen molar-refractivity contribution in [3.8, 4) is 17.2 Å². The van der Waals surface area contributed by atoms with E-state index < -0.39 is 0 Å². The maximum absolute atomic E-state index is 12.7. The average Bonchev–Trinajstić information content (AvgIpc) is 3.25. The van der Waals surface area contributed by atoms with Crippen molar-refractivity contribution in [3.63, 3.8) is 0 Å². The SMILES string of the molecule is COc1cccc(-c2nnc(C(=O)N3CCN(Cc4ccccc4)CC3)o2)c1. The molecule has 1 aliphatic rings. The van der Waals surface area contributed by atoms with E-state index in [0.29, 0.717) is 24.7 Å². The first-order valence-electron chi connectivity index (χ1n) is 9.26. The van der Waals surface area contributed by atoms with Crippen LogP contribution in [0.1, 0.15) is 16.2 Å². The Morgan fingerprint density at radius 2 is 1.82 bits per heavy atom. The number of amides is 1. The first-order chi connectivity index (χ1) is 13.7. The van der Waals surface area contributed by atoms with Crippen LogP contribution in [0.2, 0.25) is 0 Å². The summed E-state index contributed by atoms with van der Waals surface area (Å²) in [6.45, 7) is 3.81. The third-order valence-electron chi connectivity index (χ3n) is 4.83. The highest BCUT2D eigenvalue weighted by Crippen LogP contribution is 2.23. The fourth-order valence-corrected chi connectivity index (χ4v) is 3.27. The molecule has 1 fully saturated rings. The number of carbonyl (C=O) groups is 1. The smallest absolute Gasteiger partial charge is 0.311 e. The molecule has 3 aromatic rings. The second-order valence-corrected chi connectivity index (χ2v) is 6.70. The molecular weight excluding hydrogens is 356 g/mol. The molecule has 0 unspecified atom stereocenters. The molecule has 0 bridgehead atoms. The van der Waals surface area contributed by atoms with E-state index in [4.69, 9.17) is 9.15 Å². The molecule has 2 aromatic carbocycles. The van der Waals surface area contributed by atoms with E-state index in [9.17, 15) is 4.79 Å². The lowest BCUT2D eigenvalue weighted by molar-refractivity contribution is 0.0590. The Hall–Kier alpha value is -3.19. The van der Waals surface area contributed by atoms with E-state index in [1.807, 2.05) is 36.4 Å². The summed E-state index contributed by atoms with van der Waals surface area (Å²) in [6.07, 6.45) is 0. The molecule has 0 N–H and O–H groups in total. The van der Waals surface area contributed by atoms with Crippen molar-refractivity contribution in [2.45, 2.75) is 6.54 Å². The standard InChI is InChI=1S/C21H22N4O3/c1-27-18-9-5-8-17(14-18)19-22-23-20(28-19)21(26)25-12-10-24(11-13-25)15-16-6-3-2-4-7-16/h2-9,14H,10-13,15H2,1H3. The number of nitrogens with zero attached hydrogens (tertiary/aromatic N) is 4. The van der Waals surface area contributed by atoms with Crippen molar-refractivity contribution in [3.05, 3.63) is 66.1 Å². The third-order valence-corrected chi connectivity index (χ3v) is 4.83. The quantitative estimate of drug-likeness (QED) is 0.680. The molecule has 7 heteroatoms. The first-order valence-corrected chi connectivity index (χ1v) is 9.26. The maximum Gasteiger partial charge on any atom is 0.311 e. The molecule has 0 spiro atoms. The highest BCUT2D eigenvalue weighted by atomic mass is 16.5. The summed E-state index contributed by atoms with van der Waals surface area (Å²) < 4.78 is 10.8. The molecule has 1 saturated heterocycles. The van der Waals surface area contributed by atoms with Crippen LogP contribution in [-0.2, 0) is 6.54 Å². The summed E-state index contributed by atoms with van der Waals surface area (Å²) in [5.74, 6) is 0.804. The van der Waals surface area contributed by atoms with Gasteiger partial charge < -0.3 is 14.1 Å². The van der Waals surface area contributed by atoms with Gasteiger partial charge in [0, 0.05) is 38.3 Å². The molecule has 2 heterocycles. The third kappa shape index (κ3) is 4.04. The van der Waals surface area contributed by atoms with Crippen LogP contribution in [0.15, 0.2) is 59.0 Å². The number of rotatable bonds is 5. The molecule has 1 amide bonds. The zero-order valence-electron chi connectivity index (χ0n) is 15.7. The van der Waals surface area contributed by atoms with E-state index >= 15 is 0 Å². The molecule has 28 heavy (non-hydrogen) atoms. The summed E-state index contributed by atoms with van der Waals surface area (Å²) in [6, 6.07) is 17.7. The minimum atomic E-state index is -0.221. The monoisotopic (exact) mass is 378 g/mol. The zero-order chi connectivity index (χ0) is 19.3. The number of piperazine rings is 1. The number of benzene rings is 2. The summed E-state index contributed by atoms with van der Waals surface area (Å²) in [5.41, 5.74) is 2.00. The Morgan fingerprint density at radius 1 is 1.04 bits per heavy atom. The maximum atomic E-state index is 12.7. The van der Waals surface area contributed by atoms with Gasteiger partial charge in [0.25, 0.3) is 0 Å². The van der Waals surface area contributed by atoms with Crippen LogP contribution < -0.4 is 4.74 Å². The highest BCUT2D eigenvalue weighted by Gasteiger charge is 2.26. The molecule has 0 aliphatic carbocycles. The van der Waals surface area contributed by atoms with Crippen molar-refractivity contribution in [2.24, 2.45) is 0 Å². The molecule has 0 radical (unpaired) electrons. The van der Waals surface area contributed by atoms with Gasteiger partial charge in [-0.15, -0.1) is 10.2 Å². The predicted octanol–water partition coefficient (Wildman–Crippen LogP) is 2.70. The van der Waals surface area contributed by atoms with Crippen LogP contribution in [0.25, 0.3) is 11.5 Å². The fourth-order valence-electron chi connectivity index (χ4n) is 3.27. The van der Waals surface area contributed by atoms with E-state index in [-0.39, 0.29) is 11.8 Å². The molecular formula is C21H22N4O3. The second kappa shape index (κ2) is 8.22. The van der Waals surface area contributed by atoms with Gasteiger partial charge in [0.15, 0.2) is 0 Å². The lowest BCUT2D eigenvalue weighted by Crippen LogP contribution is -2.48. The number of methoxy groups -OCH3 is 1. The normalized spacial score (nSPS) is 14.8. The average molecular weight is 378 g/mol. The van der Waals surface area contributed by atoms with E-state index in [0.717, 1.165) is 25.2 Å². The predicted molar refractivity (Wildman–Crippen MR) is 104 cm³/mol. The molecule has 0 saturated carbocycles. The summed E-state index contributed by atoms with van der Waals surface area (Å²) in [5, 5.41) is 7.97. The largest absolute Gasteiger partial charge is 0.497 e. The van der Waals surface area contributed by atoms with Crippen LogP contribution in [0.4, 0.5) is 0 Å². The van der Waals surface area contributed by atoms with E-state index in [1.54, 1.807) is 18.1 Å². The summed E-state index contributed by atoms with van der Waals surface area (Å²) in [7, 11) is 1.60. The van der Waals surface area contributed by atoms with Gasteiger partial charge in [0.05, 0.1) is 7.11 Å². The number of hydrogen-bond donors (Lipinski definition) is 0. The minimum Gasteiger partial charge on any atom is -0.497 e. The number of carbonyl (C=O) groups excluding carboxylic acids is 1. The van der Waals surface area contributed by atoms with Gasteiger partial charge in [0.1, 0.15) is 5.75 Å². The Labute approximate surface area is 163 Å². The van der Waals surface area contributed by atoms with E-state index in [1.165, 1.54) is 5.56 Å². The Bertz CT molecular complexity index is 934. The number of ether oxygens (including phenoxy) is 1. The zero-order valence-corrected chi connectivity index (χ0v) is 15.7. The molecule has 0 atom stereocenters. The first kappa shape index (κ1) is 18.2. The highest BCUT2D eigenvalue weighted by molar-refractivity contribution is 5.89. The fraction of sp³-hybridized carbons (Fsp3) is 0.286. The van der Waals surface area contributed by atoms with Crippen molar-refractivity contribution in [2.75, 3.05) is 33.3 Å². The van der Waals surface area contributed by atoms with Crippen molar-refractivity contribution >= 4 is 5.91 Å². The van der Waals surface area contributed by atoms with Crippen LogP contribution in [-0.4, -0.2) is 59.2 Å². The molecule has 7 nitrogen and oxygen atoms in total. The lowest BCUT2D eigenvalue weighted by atomic mass is 10.2. The molecule has 1 aromatic heterocycles. The number of aromatic nitrogens is 2. The van der Waals surface area contributed by atoms with Crippen LogP contribution in [0.5, 0.6) is 5.75 Å². The topological polar surface area (TPSA) is 71.7 Å². The van der Waals surface area contributed by atoms with Gasteiger partial charge in [-0.3, -0.25) is 9.69 Å². The number of hydrogen-bond acceptors (Lipinski definition) is 6. The van der Waals surface area contributed by atoms with Gasteiger partial charge in [-0.05, 0) is 23.8 Å². The molecule has 144 valence electrons. The van der Waals surface area contributed by atoms with Crippen molar-refractivity contribution in [1.82, 2.24) is 20.0 Å². The van der Waals surface area contributed by atoms with E-state index in [2.05, 4.69) is 27.2 Å². The molecule has 1 aliphatic heterocycles.